The zero-order chi connectivity index (χ0) is 25.1. The van der Waals surface area contributed by atoms with Crippen LogP contribution in [0.2, 0.25) is 0 Å². The fourth-order valence-corrected chi connectivity index (χ4v) is 4.47. The maximum Gasteiger partial charge on any atom is 0.387 e. The van der Waals surface area contributed by atoms with Crippen molar-refractivity contribution in [2.75, 3.05) is 6.61 Å². The normalized spacial score (nSPS) is 13.4. The van der Waals surface area contributed by atoms with E-state index < -0.39 is 18.7 Å². The minimum absolute atomic E-state index is 0.0464. The third-order valence-corrected chi connectivity index (χ3v) is 6.12. The second kappa shape index (κ2) is 10.3. The Kier molecular flexibility index (Phi) is 7.19. The molecule has 35 heavy (non-hydrogen) atoms. The first-order valence-corrected chi connectivity index (χ1v) is 11.5. The van der Waals surface area contributed by atoms with Gasteiger partial charge >= 0.3 is 12.6 Å². The van der Waals surface area contributed by atoms with Gasteiger partial charge in [0.1, 0.15) is 11.5 Å². The molecule has 0 N–H and O–H groups in total. The van der Waals surface area contributed by atoms with Crippen LogP contribution in [-0.4, -0.2) is 35.6 Å². The molecule has 1 aliphatic carbocycles. The number of nitrogens with zero attached hydrogens (tertiary/aromatic N) is 1. The molecular weight excluding hydrogens is 456 g/mol. The van der Waals surface area contributed by atoms with Crippen LogP contribution in [0.25, 0.3) is 5.69 Å². The van der Waals surface area contributed by atoms with E-state index in [-0.39, 0.29) is 18.1 Å². The molecule has 6 nitrogen and oxygen atoms in total. The fraction of sp³-hybridized carbons (Fsp3) is 0.333. The summed E-state index contributed by atoms with van der Waals surface area (Å²) in [7, 11) is 0. The SMILES string of the molecule is Cc1cc(C(=O)C(C)OC(=O)COc2ccc3c(c2)CCC3)c(C)n1-c1ccc(OC(F)F)cc1. The molecule has 0 amide bonds. The number of esters is 1. The number of alkyl halides is 2. The lowest BCUT2D eigenvalue weighted by molar-refractivity contribution is -0.148. The fourth-order valence-electron chi connectivity index (χ4n) is 4.47. The predicted octanol–water partition coefficient (Wildman–Crippen LogP) is 5.38. The number of Topliss-reactive ketones (excluding diaryl/α,β-unsaturated/α-hetero) is 1. The number of aryl methyl sites for hydroxylation is 3. The second-order valence-electron chi connectivity index (χ2n) is 8.56. The van der Waals surface area contributed by atoms with E-state index in [0.717, 1.165) is 25.0 Å². The molecule has 0 saturated carbocycles. The lowest BCUT2D eigenvalue weighted by atomic mass is 10.1. The molecule has 8 heteroatoms. The van der Waals surface area contributed by atoms with E-state index in [9.17, 15) is 18.4 Å². The summed E-state index contributed by atoms with van der Waals surface area (Å²) in [5.41, 5.74) is 5.07. The van der Waals surface area contributed by atoms with Gasteiger partial charge in [0, 0.05) is 22.6 Å². The van der Waals surface area contributed by atoms with E-state index in [0.29, 0.717) is 22.7 Å². The number of carbonyl (C=O) groups excluding carboxylic acids is 2. The molecule has 0 fully saturated rings. The molecule has 1 unspecified atom stereocenters. The lowest BCUT2D eigenvalue weighted by Crippen LogP contribution is -2.27. The van der Waals surface area contributed by atoms with Gasteiger partial charge in [0.2, 0.25) is 5.78 Å². The summed E-state index contributed by atoms with van der Waals surface area (Å²) in [5, 5.41) is 0. The Morgan fingerprint density at radius 2 is 1.66 bits per heavy atom. The van der Waals surface area contributed by atoms with Gasteiger partial charge in [-0.15, -0.1) is 0 Å². The number of carbonyl (C=O) groups is 2. The van der Waals surface area contributed by atoms with Crippen LogP contribution in [0, 0.1) is 13.8 Å². The van der Waals surface area contributed by atoms with Crippen LogP contribution >= 0.6 is 0 Å². The van der Waals surface area contributed by atoms with Crippen LogP contribution in [0.4, 0.5) is 8.78 Å². The number of fused-ring (bicyclic) bond motifs is 1. The van der Waals surface area contributed by atoms with Crippen molar-refractivity contribution < 1.29 is 32.6 Å². The number of hydrogen-bond donors (Lipinski definition) is 0. The monoisotopic (exact) mass is 483 g/mol. The number of benzene rings is 2. The van der Waals surface area contributed by atoms with Gasteiger partial charge < -0.3 is 18.8 Å². The highest BCUT2D eigenvalue weighted by atomic mass is 19.3. The van der Waals surface area contributed by atoms with Gasteiger partial charge in [0.05, 0.1) is 0 Å². The topological polar surface area (TPSA) is 66.8 Å². The summed E-state index contributed by atoms with van der Waals surface area (Å²) in [5.74, 6) is -0.317. The van der Waals surface area contributed by atoms with Crippen molar-refractivity contribution in [1.29, 1.82) is 0 Å². The van der Waals surface area contributed by atoms with Crippen molar-refractivity contribution in [2.45, 2.75) is 52.7 Å². The summed E-state index contributed by atoms with van der Waals surface area (Å²) in [6, 6.07) is 13.7. The van der Waals surface area contributed by atoms with Gasteiger partial charge in [-0.05, 0) is 93.6 Å². The minimum Gasteiger partial charge on any atom is -0.482 e. The third kappa shape index (κ3) is 5.53. The Morgan fingerprint density at radius 3 is 2.37 bits per heavy atom. The van der Waals surface area contributed by atoms with E-state index in [1.165, 1.54) is 30.2 Å². The third-order valence-electron chi connectivity index (χ3n) is 6.12. The van der Waals surface area contributed by atoms with Gasteiger partial charge in [-0.2, -0.15) is 8.78 Å². The number of rotatable bonds is 9. The Morgan fingerprint density at radius 1 is 0.971 bits per heavy atom. The Balaban J connectivity index is 1.39. The highest BCUT2D eigenvalue weighted by Gasteiger charge is 2.25. The molecule has 0 radical (unpaired) electrons. The molecule has 3 aromatic rings. The molecule has 1 heterocycles. The second-order valence-corrected chi connectivity index (χ2v) is 8.56. The summed E-state index contributed by atoms with van der Waals surface area (Å²) < 4.78 is 41.9. The predicted molar refractivity (Wildman–Crippen MR) is 126 cm³/mol. The van der Waals surface area contributed by atoms with Gasteiger partial charge in [-0.25, -0.2) is 4.79 Å². The van der Waals surface area contributed by atoms with Crippen LogP contribution in [0.1, 0.15) is 46.2 Å². The average Bonchev–Trinajstić information content (AvgIpc) is 3.40. The molecule has 0 spiro atoms. The summed E-state index contributed by atoms with van der Waals surface area (Å²) in [6.45, 7) is 1.94. The van der Waals surface area contributed by atoms with E-state index in [1.54, 1.807) is 25.1 Å². The van der Waals surface area contributed by atoms with Crippen molar-refractivity contribution in [3.63, 3.8) is 0 Å². The Hall–Kier alpha value is -3.68. The lowest BCUT2D eigenvalue weighted by Gasteiger charge is -2.14. The molecule has 0 saturated heterocycles. The summed E-state index contributed by atoms with van der Waals surface area (Å²) >= 11 is 0. The molecule has 4 rings (SSSR count). The van der Waals surface area contributed by atoms with Crippen molar-refractivity contribution >= 4 is 11.8 Å². The van der Waals surface area contributed by atoms with Crippen LogP contribution in [0.3, 0.4) is 0 Å². The van der Waals surface area contributed by atoms with Crippen molar-refractivity contribution in [1.82, 2.24) is 4.57 Å². The molecule has 2 aromatic carbocycles. The first-order valence-electron chi connectivity index (χ1n) is 11.5. The molecule has 0 bridgehead atoms. The molecule has 1 aromatic heterocycles. The summed E-state index contributed by atoms with van der Waals surface area (Å²) in [4.78, 5) is 25.4. The number of hydrogen-bond acceptors (Lipinski definition) is 5. The van der Waals surface area contributed by atoms with Gasteiger partial charge in [-0.1, -0.05) is 6.07 Å². The smallest absolute Gasteiger partial charge is 0.387 e. The number of ketones is 1. The van der Waals surface area contributed by atoms with Gasteiger partial charge in [0.25, 0.3) is 0 Å². The zero-order valence-electron chi connectivity index (χ0n) is 19.8. The maximum atomic E-state index is 13.0. The van der Waals surface area contributed by atoms with Crippen molar-refractivity contribution in [3.05, 3.63) is 76.6 Å². The quantitative estimate of drug-likeness (QED) is 0.302. The zero-order valence-corrected chi connectivity index (χ0v) is 19.8. The first-order chi connectivity index (χ1) is 16.7. The molecular formula is C27H27F2NO5. The molecule has 1 atom stereocenters. The molecule has 1 aliphatic rings. The van der Waals surface area contributed by atoms with Crippen LogP contribution in [-0.2, 0) is 22.4 Å². The van der Waals surface area contributed by atoms with Crippen LogP contribution in [0.5, 0.6) is 11.5 Å². The van der Waals surface area contributed by atoms with Crippen molar-refractivity contribution in [2.24, 2.45) is 0 Å². The van der Waals surface area contributed by atoms with E-state index >= 15 is 0 Å². The number of aromatic nitrogens is 1. The van der Waals surface area contributed by atoms with Gasteiger partial charge in [-0.3, -0.25) is 4.79 Å². The Bertz CT molecular complexity index is 1230. The highest BCUT2D eigenvalue weighted by Crippen LogP contribution is 2.27. The molecule has 0 aliphatic heterocycles. The number of halogens is 2. The van der Waals surface area contributed by atoms with E-state index in [4.69, 9.17) is 9.47 Å². The standard InChI is InChI=1S/C27H27F2NO5/c1-16-13-24(17(2)30(16)21-8-11-22(12-9-21)35-27(28)29)26(32)18(3)34-25(31)15-33-23-10-7-19-5-4-6-20(19)14-23/h7-14,18,27H,4-6,15H2,1-3H3. The Labute approximate surface area is 202 Å². The first kappa shape index (κ1) is 24.4. The summed E-state index contributed by atoms with van der Waals surface area (Å²) in [6.07, 6.45) is 2.20. The maximum absolute atomic E-state index is 13.0. The molecule has 184 valence electrons. The highest BCUT2D eigenvalue weighted by molar-refractivity contribution is 6.01. The largest absolute Gasteiger partial charge is 0.482 e. The number of ether oxygens (including phenoxy) is 3. The average molecular weight is 484 g/mol. The van der Waals surface area contributed by atoms with Crippen molar-refractivity contribution in [3.8, 4) is 17.2 Å². The van der Waals surface area contributed by atoms with Gasteiger partial charge in [0.15, 0.2) is 12.7 Å². The van der Waals surface area contributed by atoms with E-state index in [2.05, 4.69) is 4.74 Å². The van der Waals surface area contributed by atoms with Crippen LogP contribution < -0.4 is 9.47 Å². The minimum atomic E-state index is -2.90. The van der Waals surface area contributed by atoms with E-state index in [1.807, 2.05) is 29.7 Å². The van der Waals surface area contributed by atoms with Crippen LogP contribution in [0.15, 0.2) is 48.5 Å².